The molecule has 0 saturated heterocycles. The minimum Gasteiger partial charge on any atom is -0.356 e. The fourth-order valence-electron chi connectivity index (χ4n) is 3.52. The van der Waals surface area contributed by atoms with Gasteiger partial charge >= 0.3 is 0 Å². The zero-order valence-electron chi connectivity index (χ0n) is 16.4. The summed E-state index contributed by atoms with van der Waals surface area (Å²) in [5.41, 5.74) is 5.24. The lowest BCUT2D eigenvalue weighted by atomic mass is 9.95. The van der Waals surface area contributed by atoms with Gasteiger partial charge in [-0.3, -0.25) is 4.99 Å². The fraction of sp³-hybridized carbons (Fsp3) is 0.240. The van der Waals surface area contributed by atoms with Gasteiger partial charge in [0.2, 0.25) is 0 Å². The van der Waals surface area contributed by atoms with Crippen LogP contribution < -0.4 is 5.32 Å². The lowest BCUT2D eigenvalue weighted by molar-refractivity contribution is 0.573. The zero-order valence-corrected chi connectivity index (χ0v) is 17.2. The Kier molecular flexibility index (Phi) is 5.82. The summed E-state index contributed by atoms with van der Waals surface area (Å²) in [6.45, 7) is 4.46. The topological polar surface area (TPSA) is 24.4 Å². The molecule has 2 atom stereocenters. The van der Waals surface area contributed by atoms with Crippen LogP contribution >= 0.6 is 11.8 Å². The van der Waals surface area contributed by atoms with Gasteiger partial charge in [0.1, 0.15) is 6.04 Å². The first kappa shape index (κ1) is 18.8. The molecule has 2 nitrogen and oxygen atoms in total. The summed E-state index contributed by atoms with van der Waals surface area (Å²) in [4.78, 5) is 5.05. The molecule has 1 heterocycles. The second-order valence-corrected chi connectivity index (χ2v) is 8.47. The van der Waals surface area contributed by atoms with Crippen LogP contribution in [0, 0.1) is 0 Å². The number of benzene rings is 3. The van der Waals surface area contributed by atoms with E-state index in [9.17, 15) is 0 Å². The van der Waals surface area contributed by atoms with E-state index in [1.807, 2.05) is 0 Å². The molecule has 0 radical (unpaired) electrons. The van der Waals surface area contributed by atoms with Gasteiger partial charge in [-0.25, -0.2) is 0 Å². The van der Waals surface area contributed by atoms with E-state index >= 15 is 0 Å². The fourth-order valence-corrected chi connectivity index (χ4v) is 4.42. The van der Waals surface area contributed by atoms with E-state index in [0.717, 1.165) is 10.9 Å². The Labute approximate surface area is 172 Å². The van der Waals surface area contributed by atoms with Gasteiger partial charge in [-0.2, -0.15) is 0 Å². The predicted octanol–water partition coefficient (Wildman–Crippen LogP) is 6.49. The maximum atomic E-state index is 5.05. The van der Waals surface area contributed by atoms with Gasteiger partial charge in [-0.1, -0.05) is 111 Å². The van der Waals surface area contributed by atoms with Crippen LogP contribution in [0.15, 0.2) is 89.9 Å². The summed E-state index contributed by atoms with van der Waals surface area (Å²) in [6, 6.07) is 30.4. The number of nitrogens with zero attached hydrogens (tertiary/aromatic N) is 1. The SMILES string of the molecule is CC(C)c1ccc(CSC2=NC(c3ccccc3)C(c3ccccc3)N2)cc1. The third-order valence-corrected chi connectivity index (χ3v) is 6.15. The maximum absolute atomic E-state index is 5.05. The Balaban J connectivity index is 1.51. The molecular formula is C25H26N2S. The van der Waals surface area contributed by atoms with Gasteiger partial charge in [0.15, 0.2) is 5.17 Å². The van der Waals surface area contributed by atoms with Crippen LogP contribution in [0.25, 0.3) is 0 Å². The van der Waals surface area contributed by atoms with E-state index in [2.05, 4.69) is 104 Å². The number of rotatable bonds is 5. The van der Waals surface area contributed by atoms with Gasteiger partial charge in [0.05, 0.1) is 6.04 Å². The van der Waals surface area contributed by atoms with E-state index < -0.39 is 0 Å². The molecule has 0 spiro atoms. The van der Waals surface area contributed by atoms with Crippen molar-refractivity contribution in [2.24, 2.45) is 4.99 Å². The Bertz CT molecular complexity index is 918. The Morgan fingerprint density at radius 1 is 0.821 bits per heavy atom. The van der Waals surface area contributed by atoms with Crippen molar-refractivity contribution in [3.05, 3.63) is 107 Å². The van der Waals surface area contributed by atoms with Crippen molar-refractivity contribution in [1.82, 2.24) is 5.32 Å². The summed E-state index contributed by atoms with van der Waals surface area (Å²) >= 11 is 1.79. The lowest BCUT2D eigenvalue weighted by Crippen LogP contribution is -2.22. The molecule has 3 heteroatoms. The number of amidine groups is 1. The zero-order chi connectivity index (χ0) is 19.3. The molecule has 0 fully saturated rings. The highest BCUT2D eigenvalue weighted by Crippen LogP contribution is 2.38. The second kappa shape index (κ2) is 8.66. The van der Waals surface area contributed by atoms with Crippen molar-refractivity contribution >= 4 is 16.9 Å². The molecule has 0 amide bonds. The van der Waals surface area contributed by atoms with Crippen LogP contribution in [0.3, 0.4) is 0 Å². The first-order chi connectivity index (χ1) is 13.7. The average molecular weight is 387 g/mol. The maximum Gasteiger partial charge on any atom is 0.158 e. The highest BCUT2D eigenvalue weighted by atomic mass is 32.2. The molecule has 0 bridgehead atoms. The van der Waals surface area contributed by atoms with E-state index in [1.54, 1.807) is 11.8 Å². The Morgan fingerprint density at radius 3 is 2.04 bits per heavy atom. The van der Waals surface area contributed by atoms with Crippen molar-refractivity contribution in [2.75, 3.05) is 0 Å². The van der Waals surface area contributed by atoms with Gasteiger partial charge in [0, 0.05) is 5.75 Å². The van der Waals surface area contributed by atoms with Crippen LogP contribution in [0.5, 0.6) is 0 Å². The number of hydrogen-bond acceptors (Lipinski definition) is 3. The van der Waals surface area contributed by atoms with E-state index in [0.29, 0.717) is 5.92 Å². The van der Waals surface area contributed by atoms with E-state index in [4.69, 9.17) is 4.99 Å². The third kappa shape index (κ3) is 4.31. The normalized spacial score (nSPS) is 18.8. The van der Waals surface area contributed by atoms with Crippen molar-refractivity contribution in [3.63, 3.8) is 0 Å². The van der Waals surface area contributed by atoms with Gasteiger partial charge in [-0.05, 0) is 28.2 Å². The van der Waals surface area contributed by atoms with Gasteiger partial charge in [0.25, 0.3) is 0 Å². The van der Waals surface area contributed by atoms with E-state index in [1.165, 1.54) is 22.3 Å². The predicted molar refractivity (Wildman–Crippen MR) is 121 cm³/mol. The molecule has 3 aromatic rings. The van der Waals surface area contributed by atoms with Gasteiger partial charge in [-0.15, -0.1) is 0 Å². The highest BCUT2D eigenvalue weighted by molar-refractivity contribution is 8.13. The first-order valence-corrected chi connectivity index (χ1v) is 10.8. The minimum absolute atomic E-state index is 0.106. The summed E-state index contributed by atoms with van der Waals surface area (Å²) in [5.74, 6) is 1.49. The summed E-state index contributed by atoms with van der Waals surface area (Å²) < 4.78 is 0. The first-order valence-electron chi connectivity index (χ1n) is 9.86. The minimum atomic E-state index is 0.106. The van der Waals surface area contributed by atoms with Crippen LogP contribution in [-0.4, -0.2) is 5.17 Å². The molecule has 2 unspecified atom stereocenters. The molecule has 0 aliphatic carbocycles. The summed E-state index contributed by atoms with van der Waals surface area (Å²) in [7, 11) is 0. The quantitative estimate of drug-likeness (QED) is 0.542. The summed E-state index contributed by atoms with van der Waals surface area (Å²) in [5, 5.41) is 4.69. The molecule has 1 aliphatic rings. The Hall–Kier alpha value is -2.52. The Morgan fingerprint density at radius 2 is 1.43 bits per heavy atom. The van der Waals surface area contributed by atoms with Crippen LogP contribution in [0.4, 0.5) is 0 Å². The van der Waals surface area contributed by atoms with Crippen molar-refractivity contribution < 1.29 is 0 Å². The molecule has 142 valence electrons. The van der Waals surface area contributed by atoms with Crippen LogP contribution in [0.1, 0.15) is 54.1 Å². The van der Waals surface area contributed by atoms with E-state index in [-0.39, 0.29) is 12.1 Å². The molecule has 1 aliphatic heterocycles. The molecule has 4 rings (SSSR count). The summed E-state index contributed by atoms with van der Waals surface area (Å²) in [6.07, 6.45) is 0. The average Bonchev–Trinajstić information content (AvgIpc) is 3.18. The number of thioether (sulfide) groups is 1. The molecular weight excluding hydrogens is 360 g/mol. The van der Waals surface area contributed by atoms with Crippen LogP contribution in [-0.2, 0) is 5.75 Å². The van der Waals surface area contributed by atoms with Gasteiger partial charge < -0.3 is 5.32 Å². The third-order valence-electron chi connectivity index (χ3n) is 5.17. The number of hydrogen-bond donors (Lipinski definition) is 1. The van der Waals surface area contributed by atoms with Crippen molar-refractivity contribution in [3.8, 4) is 0 Å². The molecule has 0 saturated carbocycles. The monoisotopic (exact) mass is 386 g/mol. The molecule has 28 heavy (non-hydrogen) atoms. The lowest BCUT2D eigenvalue weighted by Gasteiger charge is -2.19. The number of nitrogens with one attached hydrogen (secondary N) is 1. The molecule has 3 aromatic carbocycles. The van der Waals surface area contributed by atoms with Crippen molar-refractivity contribution in [2.45, 2.75) is 37.6 Å². The second-order valence-electron chi connectivity index (χ2n) is 7.51. The smallest absolute Gasteiger partial charge is 0.158 e. The van der Waals surface area contributed by atoms with Crippen molar-refractivity contribution in [1.29, 1.82) is 0 Å². The highest BCUT2D eigenvalue weighted by Gasteiger charge is 2.31. The molecule has 0 aromatic heterocycles. The van der Waals surface area contributed by atoms with Crippen LogP contribution in [0.2, 0.25) is 0 Å². The largest absolute Gasteiger partial charge is 0.356 e. The number of aliphatic imine (C=N–C) groups is 1. The molecule has 1 N–H and O–H groups in total. The standard InChI is InChI=1S/C25H26N2S/c1-18(2)20-15-13-19(14-16-20)17-28-25-26-23(21-9-5-3-6-10-21)24(27-25)22-11-7-4-8-12-22/h3-16,18,23-24H,17H2,1-2H3,(H,26,27).